The Hall–Kier alpha value is -3.05. The second kappa shape index (κ2) is 7.08. The van der Waals surface area contributed by atoms with Crippen molar-refractivity contribution in [2.45, 2.75) is 31.4 Å². The molecule has 2 heterocycles. The topological polar surface area (TPSA) is 70.1 Å². The van der Waals surface area contributed by atoms with Gasteiger partial charge in [-0.25, -0.2) is 0 Å². The SMILES string of the molecule is N#CC1=C(N)N(c2ccccc2C(F)(F)F)C2=C(C(=O)CCC2)C1c1cccs1. The second-order valence-electron chi connectivity index (χ2n) is 6.85. The highest BCUT2D eigenvalue weighted by Gasteiger charge is 2.43. The fourth-order valence-corrected chi connectivity index (χ4v) is 4.85. The predicted octanol–water partition coefficient (Wildman–Crippen LogP) is 5.07. The summed E-state index contributed by atoms with van der Waals surface area (Å²) in [5, 5.41) is 11.7. The van der Waals surface area contributed by atoms with Crippen molar-refractivity contribution >= 4 is 22.8 Å². The van der Waals surface area contributed by atoms with Crippen LogP contribution in [0.15, 0.2) is 64.4 Å². The number of nitrogens with zero attached hydrogens (tertiary/aromatic N) is 2. The summed E-state index contributed by atoms with van der Waals surface area (Å²) in [6, 6.07) is 10.8. The maximum atomic E-state index is 13.7. The van der Waals surface area contributed by atoms with Crippen LogP contribution in [0.5, 0.6) is 0 Å². The quantitative estimate of drug-likeness (QED) is 0.743. The number of allylic oxidation sites excluding steroid dienone is 3. The number of nitriles is 1. The Kier molecular flexibility index (Phi) is 4.71. The van der Waals surface area contributed by atoms with Crippen molar-refractivity contribution in [3.63, 3.8) is 0 Å². The van der Waals surface area contributed by atoms with Gasteiger partial charge in [0, 0.05) is 22.6 Å². The van der Waals surface area contributed by atoms with E-state index < -0.39 is 17.7 Å². The fourth-order valence-electron chi connectivity index (χ4n) is 4.01. The molecule has 0 amide bonds. The third kappa shape index (κ3) is 3.12. The molecule has 1 atom stereocenters. The minimum atomic E-state index is -4.60. The number of benzene rings is 1. The van der Waals surface area contributed by atoms with Gasteiger partial charge in [-0.1, -0.05) is 18.2 Å². The van der Waals surface area contributed by atoms with E-state index in [1.54, 1.807) is 0 Å². The predicted molar refractivity (Wildman–Crippen MR) is 104 cm³/mol. The molecule has 8 heteroatoms. The summed E-state index contributed by atoms with van der Waals surface area (Å²) in [5.41, 5.74) is 6.19. The van der Waals surface area contributed by atoms with Crippen LogP contribution in [0, 0.1) is 11.3 Å². The number of carbonyl (C=O) groups excluding carboxylic acids is 1. The third-order valence-electron chi connectivity index (χ3n) is 5.19. The van der Waals surface area contributed by atoms with Gasteiger partial charge in [0.15, 0.2) is 5.78 Å². The van der Waals surface area contributed by atoms with Crippen LogP contribution in [-0.2, 0) is 11.0 Å². The first-order valence-corrected chi connectivity index (χ1v) is 9.88. The molecular weight excluding hydrogens is 399 g/mol. The molecular formula is C21H16F3N3OS. The number of hydrogen-bond acceptors (Lipinski definition) is 5. The molecule has 0 saturated carbocycles. The van der Waals surface area contributed by atoms with Crippen molar-refractivity contribution < 1.29 is 18.0 Å². The number of para-hydroxylation sites is 1. The minimum absolute atomic E-state index is 0.0592. The lowest BCUT2D eigenvalue weighted by Crippen LogP contribution is -2.39. The van der Waals surface area contributed by atoms with Gasteiger partial charge in [-0.2, -0.15) is 18.4 Å². The van der Waals surface area contributed by atoms with Gasteiger partial charge in [-0.15, -0.1) is 11.3 Å². The molecule has 2 aliphatic rings. The summed E-state index contributed by atoms with van der Waals surface area (Å²) < 4.78 is 41.0. The maximum Gasteiger partial charge on any atom is 0.418 e. The van der Waals surface area contributed by atoms with Crippen LogP contribution in [0.3, 0.4) is 0 Å². The van der Waals surface area contributed by atoms with Gasteiger partial charge in [0.05, 0.1) is 28.8 Å². The second-order valence-corrected chi connectivity index (χ2v) is 7.83. The Morgan fingerprint density at radius 2 is 1.93 bits per heavy atom. The van der Waals surface area contributed by atoms with Crippen LogP contribution in [0.1, 0.15) is 35.6 Å². The van der Waals surface area contributed by atoms with Gasteiger partial charge >= 0.3 is 6.18 Å². The molecule has 1 aliphatic carbocycles. The highest BCUT2D eigenvalue weighted by atomic mass is 32.1. The number of halogens is 3. The van der Waals surface area contributed by atoms with E-state index in [-0.39, 0.29) is 22.9 Å². The summed E-state index contributed by atoms with van der Waals surface area (Å²) in [6.07, 6.45) is -3.37. The number of alkyl halides is 3. The normalized spacial score (nSPS) is 20.0. The molecule has 0 fully saturated rings. The molecule has 1 aliphatic heterocycles. The summed E-state index contributed by atoms with van der Waals surface area (Å²) in [6.45, 7) is 0. The first kappa shape index (κ1) is 19.3. The number of carbonyl (C=O) groups is 1. The van der Waals surface area contributed by atoms with Gasteiger partial charge in [-0.3, -0.25) is 9.69 Å². The molecule has 2 N–H and O–H groups in total. The highest BCUT2D eigenvalue weighted by molar-refractivity contribution is 7.10. The zero-order valence-corrected chi connectivity index (χ0v) is 16.0. The van der Waals surface area contributed by atoms with E-state index in [4.69, 9.17) is 5.73 Å². The summed E-state index contributed by atoms with van der Waals surface area (Å²) in [5.74, 6) is -0.854. The number of hydrogen-bond donors (Lipinski definition) is 1. The Bertz CT molecular complexity index is 1080. The van der Waals surface area contributed by atoms with Crippen LogP contribution in [-0.4, -0.2) is 5.78 Å². The molecule has 0 radical (unpaired) electrons. The van der Waals surface area contributed by atoms with Gasteiger partial charge in [0.1, 0.15) is 5.82 Å². The monoisotopic (exact) mass is 415 g/mol. The van der Waals surface area contributed by atoms with Crippen LogP contribution >= 0.6 is 11.3 Å². The summed E-state index contributed by atoms with van der Waals surface area (Å²) in [4.78, 5) is 14.9. The Morgan fingerprint density at radius 3 is 2.59 bits per heavy atom. The molecule has 2 aromatic rings. The van der Waals surface area contributed by atoms with E-state index in [9.17, 15) is 23.2 Å². The molecule has 0 bridgehead atoms. The van der Waals surface area contributed by atoms with Gasteiger partial charge in [0.25, 0.3) is 0 Å². The lowest BCUT2D eigenvalue weighted by atomic mass is 9.78. The Labute approximate surface area is 169 Å². The summed E-state index contributed by atoms with van der Waals surface area (Å²) >= 11 is 1.39. The molecule has 1 aromatic carbocycles. The van der Waals surface area contributed by atoms with E-state index in [2.05, 4.69) is 6.07 Å². The lowest BCUT2D eigenvalue weighted by Gasteiger charge is -2.40. The van der Waals surface area contributed by atoms with Crippen molar-refractivity contribution in [3.05, 3.63) is 74.9 Å². The molecule has 29 heavy (non-hydrogen) atoms. The van der Waals surface area contributed by atoms with Crippen molar-refractivity contribution in [2.24, 2.45) is 5.73 Å². The van der Waals surface area contributed by atoms with Crippen LogP contribution in [0.2, 0.25) is 0 Å². The molecule has 1 aromatic heterocycles. The highest BCUT2D eigenvalue weighted by Crippen LogP contribution is 2.49. The first-order valence-electron chi connectivity index (χ1n) is 9.00. The van der Waals surface area contributed by atoms with Gasteiger partial charge in [-0.05, 0) is 36.4 Å². The standard InChI is InChI=1S/C21H16F3N3OS/c22-21(23,24)13-5-1-2-6-14(13)27-15-7-3-8-16(28)19(15)18(12(11-25)20(27)26)17-9-4-10-29-17/h1-2,4-6,9-10,18H,3,7-8,26H2. The number of rotatable bonds is 2. The van der Waals surface area contributed by atoms with Crippen molar-refractivity contribution in [2.75, 3.05) is 4.90 Å². The molecule has 1 unspecified atom stereocenters. The Balaban J connectivity index is 2.01. The van der Waals surface area contributed by atoms with E-state index in [1.165, 1.54) is 34.4 Å². The lowest BCUT2D eigenvalue weighted by molar-refractivity contribution is -0.137. The van der Waals surface area contributed by atoms with Crippen LogP contribution < -0.4 is 10.6 Å². The number of Topliss-reactive ketones (excluding diaryl/α,β-unsaturated/α-hetero) is 1. The van der Waals surface area contributed by atoms with Crippen molar-refractivity contribution in [1.29, 1.82) is 5.26 Å². The van der Waals surface area contributed by atoms with Crippen molar-refractivity contribution in [3.8, 4) is 6.07 Å². The number of nitrogens with two attached hydrogens (primary N) is 1. The van der Waals surface area contributed by atoms with Crippen LogP contribution in [0.25, 0.3) is 0 Å². The largest absolute Gasteiger partial charge is 0.418 e. The van der Waals surface area contributed by atoms with Crippen LogP contribution in [0.4, 0.5) is 18.9 Å². The number of thiophene rings is 1. The van der Waals surface area contributed by atoms with Crippen molar-refractivity contribution in [1.82, 2.24) is 0 Å². The Morgan fingerprint density at radius 1 is 1.17 bits per heavy atom. The summed E-state index contributed by atoms with van der Waals surface area (Å²) in [7, 11) is 0. The first-order chi connectivity index (χ1) is 13.8. The number of ketones is 1. The smallest absolute Gasteiger partial charge is 0.384 e. The molecule has 4 nitrogen and oxygen atoms in total. The molecule has 0 saturated heterocycles. The van der Waals surface area contributed by atoms with E-state index in [0.717, 1.165) is 10.9 Å². The van der Waals surface area contributed by atoms with Gasteiger partial charge < -0.3 is 5.73 Å². The fraction of sp³-hybridized carbons (Fsp3) is 0.238. The molecule has 0 spiro atoms. The third-order valence-corrected chi connectivity index (χ3v) is 6.13. The molecule has 4 rings (SSSR count). The maximum absolute atomic E-state index is 13.7. The average Bonchev–Trinajstić information content (AvgIpc) is 3.21. The minimum Gasteiger partial charge on any atom is -0.384 e. The van der Waals surface area contributed by atoms with E-state index in [0.29, 0.717) is 30.5 Å². The van der Waals surface area contributed by atoms with Gasteiger partial charge in [0.2, 0.25) is 0 Å². The zero-order valence-electron chi connectivity index (χ0n) is 15.2. The number of anilines is 1. The zero-order chi connectivity index (χ0) is 20.8. The average molecular weight is 415 g/mol. The van der Waals surface area contributed by atoms with E-state index in [1.807, 2.05) is 17.5 Å². The van der Waals surface area contributed by atoms with E-state index >= 15 is 0 Å². The molecule has 148 valence electrons.